The molecule has 0 amide bonds. The Morgan fingerprint density at radius 3 is 2.67 bits per heavy atom. The maximum absolute atomic E-state index is 5.25. The van der Waals surface area contributed by atoms with E-state index in [2.05, 4.69) is 25.8 Å². The van der Waals surface area contributed by atoms with Crippen molar-refractivity contribution in [2.45, 2.75) is 13.1 Å². The van der Waals surface area contributed by atoms with Crippen LogP contribution < -0.4 is 10.6 Å². The van der Waals surface area contributed by atoms with Crippen LogP contribution in [0.4, 0.5) is 11.8 Å². The van der Waals surface area contributed by atoms with Crippen molar-refractivity contribution in [2.24, 2.45) is 0 Å². The van der Waals surface area contributed by atoms with Crippen LogP contribution in [0.2, 0.25) is 0 Å². The fourth-order valence-corrected chi connectivity index (χ4v) is 1.83. The molecule has 0 saturated heterocycles. The van der Waals surface area contributed by atoms with Gasteiger partial charge in [0.25, 0.3) is 0 Å². The van der Waals surface area contributed by atoms with E-state index in [1.54, 1.807) is 12.5 Å². The smallest absolute Gasteiger partial charge is 0.244 e. The van der Waals surface area contributed by atoms with Gasteiger partial charge < -0.3 is 15.1 Å². The molecule has 0 aliphatic carbocycles. The maximum Gasteiger partial charge on any atom is 0.244 e. The van der Waals surface area contributed by atoms with Crippen molar-refractivity contribution in [1.82, 2.24) is 15.2 Å². The van der Waals surface area contributed by atoms with E-state index in [0.717, 1.165) is 11.3 Å². The fraction of sp³-hybridized carbons (Fsp3) is 0.133. The molecule has 3 rings (SSSR count). The highest BCUT2D eigenvalue weighted by Gasteiger charge is 2.01. The van der Waals surface area contributed by atoms with Crippen LogP contribution in [0.5, 0.6) is 0 Å². The van der Waals surface area contributed by atoms with Crippen molar-refractivity contribution in [1.29, 1.82) is 0 Å². The Kier molecular flexibility index (Phi) is 4.07. The van der Waals surface area contributed by atoms with Crippen LogP contribution in [0.25, 0.3) is 0 Å². The molecule has 0 radical (unpaired) electrons. The van der Waals surface area contributed by atoms with Crippen LogP contribution >= 0.6 is 0 Å². The lowest BCUT2D eigenvalue weighted by Crippen LogP contribution is -2.07. The zero-order chi connectivity index (χ0) is 14.3. The lowest BCUT2D eigenvalue weighted by molar-refractivity contribution is 0.517. The van der Waals surface area contributed by atoms with Gasteiger partial charge in [-0.25, -0.2) is 0 Å². The Balaban J connectivity index is 1.58. The summed E-state index contributed by atoms with van der Waals surface area (Å²) < 4.78 is 5.25. The molecule has 0 bridgehead atoms. The van der Waals surface area contributed by atoms with Crippen molar-refractivity contribution in [3.63, 3.8) is 0 Å². The number of rotatable bonds is 6. The topological polar surface area (TPSA) is 75.9 Å². The number of nitrogens with zero attached hydrogens (tertiary/aromatic N) is 3. The molecule has 106 valence electrons. The number of nitrogens with one attached hydrogen (secondary N) is 2. The largest absolute Gasteiger partial charge is 0.467 e. The van der Waals surface area contributed by atoms with Gasteiger partial charge in [0, 0.05) is 6.54 Å². The molecule has 21 heavy (non-hydrogen) atoms. The fourth-order valence-electron chi connectivity index (χ4n) is 1.83. The van der Waals surface area contributed by atoms with Crippen molar-refractivity contribution in [3.05, 3.63) is 66.2 Å². The standard InChI is InChI=1S/C15H15N5O/c1-2-5-12(6-3-1)9-17-15-19-14(11-18-20-15)16-10-13-7-4-8-21-13/h1-8,11H,9-10H2,(H2,16,17,19,20). The summed E-state index contributed by atoms with van der Waals surface area (Å²) in [6.07, 6.45) is 3.22. The van der Waals surface area contributed by atoms with Gasteiger partial charge >= 0.3 is 0 Å². The van der Waals surface area contributed by atoms with Crippen LogP contribution in [0.15, 0.2) is 59.3 Å². The molecule has 0 saturated carbocycles. The number of furan rings is 1. The Bertz CT molecular complexity index is 670. The molecule has 3 aromatic rings. The van der Waals surface area contributed by atoms with Crippen LogP contribution in [0, 0.1) is 0 Å². The molecule has 0 fully saturated rings. The molecule has 2 aromatic heterocycles. The Morgan fingerprint density at radius 2 is 1.86 bits per heavy atom. The summed E-state index contributed by atoms with van der Waals surface area (Å²) in [5, 5.41) is 14.2. The van der Waals surface area contributed by atoms with Gasteiger partial charge in [0.1, 0.15) is 5.76 Å². The zero-order valence-electron chi connectivity index (χ0n) is 11.4. The third-order valence-electron chi connectivity index (χ3n) is 2.88. The average molecular weight is 281 g/mol. The minimum Gasteiger partial charge on any atom is -0.467 e. The molecule has 2 heterocycles. The third-order valence-corrected chi connectivity index (χ3v) is 2.88. The van der Waals surface area contributed by atoms with Crippen molar-refractivity contribution < 1.29 is 4.42 Å². The molecular formula is C15H15N5O. The molecule has 2 N–H and O–H groups in total. The highest BCUT2D eigenvalue weighted by atomic mass is 16.3. The summed E-state index contributed by atoms with van der Waals surface area (Å²) in [6, 6.07) is 13.8. The van der Waals surface area contributed by atoms with E-state index in [1.807, 2.05) is 42.5 Å². The average Bonchev–Trinajstić information content (AvgIpc) is 3.06. The second-order valence-corrected chi connectivity index (χ2v) is 4.44. The normalized spacial score (nSPS) is 10.3. The molecule has 0 aliphatic heterocycles. The van der Waals surface area contributed by atoms with Gasteiger partial charge in [-0.15, -0.1) is 5.10 Å². The van der Waals surface area contributed by atoms with E-state index in [4.69, 9.17) is 4.42 Å². The summed E-state index contributed by atoms with van der Waals surface area (Å²) in [6.45, 7) is 1.22. The Labute approximate surface area is 122 Å². The maximum atomic E-state index is 5.25. The molecule has 0 atom stereocenters. The van der Waals surface area contributed by atoms with Gasteiger partial charge in [0.15, 0.2) is 5.82 Å². The first kappa shape index (κ1) is 13.1. The Morgan fingerprint density at radius 1 is 0.952 bits per heavy atom. The van der Waals surface area contributed by atoms with Crippen LogP contribution in [-0.4, -0.2) is 15.2 Å². The highest BCUT2D eigenvalue weighted by molar-refractivity contribution is 5.37. The third kappa shape index (κ3) is 3.79. The van der Waals surface area contributed by atoms with Crippen LogP contribution in [0.1, 0.15) is 11.3 Å². The van der Waals surface area contributed by atoms with Crippen molar-refractivity contribution >= 4 is 11.8 Å². The minimum absolute atomic E-state index is 0.489. The van der Waals surface area contributed by atoms with E-state index in [0.29, 0.717) is 24.9 Å². The number of benzene rings is 1. The SMILES string of the molecule is c1ccc(CNc2nncc(NCc3ccco3)n2)cc1. The number of aromatic nitrogens is 3. The van der Waals surface area contributed by atoms with Gasteiger partial charge in [0.05, 0.1) is 19.0 Å². The Hall–Kier alpha value is -2.89. The quantitative estimate of drug-likeness (QED) is 0.723. The van der Waals surface area contributed by atoms with Gasteiger partial charge in [-0.05, 0) is 17.7 Å². The van der Waals surface area contributed by atoms with Crippen molar-refractivity contribution in [2.75, 3.05) is 10.6 Å². The molecule has 0 aliphatic rings. The number of anilines is 2. The van der Waals surface area contributed by atoms with E-state index < -0.39 is 0 Å². The molecule has 6 heteroatoms. The second-order valence-electron chi connectivity index (χ2n) is 4.44. The van der Waals surface area contributed by atoms with E-state index >= 15 is 0 Å². The molecule has 0 unspecified atom stereocenters. The first-order chi connectivity index (χ1) is 10.4. The highest BCUT2D eigenvalue weighted by Crippen LogP contribution is 2.08. The monoisotopic (exact) mass is 281 g/mol. The van der Waals surface area contributed by atoms with E-state index in [1.165, 1.54) is 0 Å². The summed E-state index contributed by atoms with van der Waals surface area (Å²) in [5.41, 5.74) is 1.16. The van der Waals surface area contributed by atoms with Gasteiger partial charge in [-0.2, -0.15) is 10.1 Å². The minimum atomic E-state index is 0.489. The predicted octanol–water partition coefficient (Wildman–Crippen LogP) is 2.69. The summed E-state index contributed by atoms with van der Waals surface area (Å²) >= 11 is 0. The van der Waals surface area contributed by atoms with Crippen molar-refractivity contribution in [3.8, 4) is 0 Å². The predicted molar refractivity (Wildman–Crippen MR) is 79.6 cm³/mol. The summed E-state index contributed by atoms with van der Waals surface area (Å²) in [7, 11) is 0. The first-order valence-corrected chi connectivity index (χ1v) is 6.64. The lowest BCUT2D eigenvalue weighted by Gasteiger charge is -2.06. The summed E-state index contributed by atoms with van der Waals surface area (Å²) in [5.74, 6) is 1.98. The second kappa shape index (κ2) is 6.51. The van der Waals surface area contributed by atoms with Gasteiger partial charge in [-0.1, -0.05) is 30.3 Å². The molecule has 1 aromatic carbocycles. The molecule has 0 spiro atoms. The van der Waals surface area contributed by atoms with E-state index in [9.17, 15) is 0 Å². The number of hydrogen-bond acceptors (Lipinski definition) is 6. The van der Waals surface area contributed by atoms with Gasteiger partial charge in [-0.3, -0.25) is 0 Å². The molecular weight excluding hydrogens is 266 g/mol. The molecule has 6 nitrogen and oxygen atoms in total. The lowest BCUT2D eigenvalue weighted by atomic mass is 10.2. The van der Waals surface area contributed by atoms with E-state index in [-0.39, 0.29) is 0 Å². The van der Waals surface area contributed by atoms with Gasteiger partial charge in [0.2, 0.25) is 5.95 Å². The summed E-state index contributed by atoms with van der Waals surface area (Å²) in [4.78, 5) is 4.35. The first-order valence-electron chi connectivity index (χ1n) is 6.64. The van der Waals surface area contributed by atoms with Crippen LogP contribution in [-0.2, 0) is 13.1 Å². The zero-order valence-corrected chi connectivity index (χ0v) is 11.4. The number of hydrogen-bond donors (Lipinski definition) is 2. The van der Waals surface area contributed by atoms with Crippen LogP contribution in [0.3, 0.4) is 0 Å².